The zero-order valence-electron chi connectivity index (χ0n) is 9.86. The molecule has 1 unspecified atom stereocenters. The van der Waals surface area contributed by atoms with Gasteiger partial charge in [-0.25, -0.2) is 0 Å². The number of rotatable bonds is 4. The Morgan fingerprint density at radius 2 is 2.18 bits per heavy atom. The SMILES string of the molecule is Cc1c(C(C)NCC(=O)O)sc2ccccc12. The summed E-state index contributed by atoms with van der Waals surface area (Å²) in [6.07, 6.45) is 0. The van der Waals surface area contributed by atoms with E-state index in [0.29, 0.717) is 0 Å². The van der Waals surface area contributed by atoms with E-state index in [1.807, 2.05) is 19.1 Å². The van der Waals surface area contributed by atoms with Crippen LogP contribution < -0.4 is 5.32 Å². The highest BCUT2D eigenvalue weighted by atomic mass is 32.1. The lowest BCUT2D eigenvalue weighted by atomic mass is 10.1. The molecule has 1 aromatic carbocycles. The molecule has 0 saturated heterocycles. The van der Waals surface area contributed by atoms with Gasteiger partial charge in [-0.2, -0.15) is 0 Å². The third-order valence-electron chi connectivity index (χ3n) is 2.83. The molecule has 0 spiro atoms. The number of benzene rings is 1. The van der Waals surface area contributed by atoms with Crippen LogP contribution in [-0.4, -0.2) is 17.6 Å². The predicted molar refractivity (Wildman–Crippen MR) is 70.6 cm³/mol. The van der Waals surface area contributed by atoms with E-state index in [-0.39, 0.29) is 12.6 Å². The van der Waals surface area contributed by atoms with Crippen LogP contribution in [0.1, 0.15) is 23.4 Å². The second-order valence-electron chi connectivity index (χ2n) is 4.08. The zero-order chi connectivity index (χ0) is 12.4. The van der Waals surface area contributed by atoms with Crippen molar-refractivity contribution in [3.05, 3.63) is 34.7 Å². The van der Waals surface area contributed by atoms with E-state index in [1.165, 1.54) is 20.5 Å². The maximum absolute atomic E-state index is 10.5. The van der Waals surface area contributed by atoms with Crippen molar-refractivity contribution in [1.82, 2.24) is 5.32 Å². The van der Waals surface area contributed by atoms with Gasteiger partial charge in [-0.3, -0.25) is 10.1 Å². The minimum absolute atomic E-state index is 0.00511. The second-order valence-corrected chi connectivity index (χ2v) is 5.17. The molecule has 4 heteroatoms. The molecule has 3 nitrogen and oxygen atoms in total. The van der Waals surface area contributed by atoms with Crippen LogP contribution in [0.3, 0.4) is 0 Å². The Kier molecular flexibility index (Phi) is 3.45. The van der Waals surface area contributed by atoms with Crippen molar-refractivity contribution in [2.75, 3.05) is 6.54 Å². The molecule has 0 aliphatic carbocycles. The summed E-state index contributed by atoms with van der Waals surface area (Å²) in [7, 11) is 0. The lowest BCUT2D eigenvalue weighted by Gasteiger charge is -2.11. The van der Waals surface area contributed by atoms with E-state index in [2.05, 4.69) is 24.4 Å². The van der Waals surface area contributed by atoms with E-state index in [9.17, 15) is 4.79 Å². The van der Waals surface area contributed by atoms with E-state index < -0.39 is 5.97 Å². The molecule has 0 aliphatic rings. The molecule has 0 radical (unpaired) electrons. The number of thiophene rings is 1. The van der Waals surface area contributed by atoms with Gasteiger partial charge in [0, 0.05) is 15.6 Å². The topological polar surface area (TPSA) is 49.3 Å². The molecule has 2 aromatic rings. The van der Waals surface area contributed by atoms with E-state index in [1.54, 1.807) is 11.3 Å². The van der Waals surface area contributed by atoms with Crippen molar-refractivity contribution in [1.29, 1.82) is 0 Å². The van der Waals surface area contributed by atoms with E-state index >= 15 is 0 Å². The molecule has 0 bridgehead atoms. The van der Waals surface area contributed by atoms with Crippen LogP contribution >= 0.6 is 11.3 Å². The molecule has 0 amide bonds. The summed E-state index contributed by atoms with van der Waals surface area (Å²) in [6.45, 7) is 4.09. The number of aliphatic carboxylic acids is 1. The Bertz CT molecular complexity index is 547. The molecule has 1 aromatic heterocycles. The Morgan fingerprint density at radius 1 is 1.47 bits per heavy atom. The number of hydrogen-bond acceptors (Lipinski definition) is 3. The van der Waals surface area contributed by atoms with Crippen LogP contribution in [0.25, 0.3) is 10.1 Å². The lowest BCUT2D eigenvalue weighted by molar-refractivity contribution is -0.136. The van der Waals surface area contributed by atoms with Gasteiger partial charge in [-0.05, 0) is 30.9 Å². The first-order valence-corrected chi connectivity index (χ1v) is 6.34. The summed E-state index contributed by atoms with van der Waals surface area (Å²) >= 11 is 1.73. The molecular formula is C13H15NO2S. The van der Waals surface area contributed by atoms with Crippen molar-refractivity contribution < 1.29 is 9.90 Å². The first-order valence-electron chi connectivity index (χ1n) is 5.53. The molecule has 2 rings (SSSR count). The van der Waals surface area contributed by atoms with Crippen LogP contribution in [0.2, 0.25) is 0 Å². The fourth-order valence-corrected chi connectivity index (χ4v) is 3.18. The van der Waals surface area contributed by atoms with Gasteiger partial charge in [0.15, 0.2) is 0 Å². The van der Waals surface area contributed by atoms with Gasteiger partial charge >= 0.3 is 5.97 Å². The molecule has 17 heavy (non-hydrogen) atoms. The quantitative estimate of drug-likeness (QED) is 0.876. The van der Waals surface area contributed by atoms with Gasteiger partial charge in [0.2, 0.25) is 0 Å². The second kappa shape index (κ2) is 4.85. The average molecular weight is 249 g/mol. The minimum Gasteiger partial charge on any atom is -0.480 e. The van der Waals surface area contributed by atoms with Crippen LogP contribution in [0.5, 0.6) is 0 Å². The molecular weight excluding hydrogens is 234 g/mol. The maximum Gasteiger partial charge on any atom is 0.317 e. The number of aryl methyl sites for hydroxylation is 1. The summed E-state index contributed by atoms with van der Waals surface area (Å²) in [5.74, 6) is -0.824. The van der Waals surface area contributed by atoms with E-state index in [0.717, 1.165) is 0 Å². The summed E-state index contributed by atoms with van der Waals surface area (Å²) in [5, 5.41) is 12.9. The number of carbonyl (C=O) groups is 1. The molecule has 0 saturated carbocycles. The van der Waals surface area contributed by atoms with Gasteiger partial charge in [0.1, 0.15) is 0 Å². The van der Waals surface area contributed by atoms with Gasteiger partial charge in [0.05, 0.1) is 6.54 Å². The number of carboxylic acids is 1. The van der Waals surface area contributed by atoms with Crippen LogP contribution in [0.4, 0.5) is 0 Å². The number of fused-ring (bicyclic) bond motifs is 1. The molecule has 0 fully saturated rings. The Balaban J connectivity index is 2.29. The van der Waals surface area contributed by atoms with E-state index in [4.69, 9.17) is 5.11 Å². The first kappa shape index (κ1) is 12.1. The van der Waals surface area contributed by atoms with Crippen molar-refractivity contribution in [3.63, 3.8) is 0 Å². The molecule has 1 atom stereocenters. The largest absolute Gasteiger partial charge is 0.480 e. The third-order valence-corrected chi connectivity index (χ3v) is 4.29. The monoisotopic (exact) mass is 249 g/mol. The number of nitrogens with one attached hydrogen (secondary N) is 1. The molecule has 1 heterocycles. The fourth-order valence-electron chi connectivity index (χ4n) is 1.94. The standard InChI is InChI=1S/C13H15NO2S/c1-8-10-5-3-4-6-11(10)17-13(8)9(2)14-7-12(15)16/h3-6,9,14H,7H2,1-2H3,(H,15,16). The highest BCUT2D eigenvalue weighted by Gasteiger charge is 2.14. The first-order chi connectivity index (χ1) is 8.09. The summed E-state index contributed by atoms with van der Waals surface area (Å²) in [4.78, 5) is 11.7. The molecule has 90 valence electrons. The predicted octanol–water partition coefficient (Wildman–Crippen LogP) is 2.94. The van der Waals surface area contributed by atoms with Crippen LogP contribution in [-0.2, 0) is 4.79 Å². The highest BCUT2D eigenvalue weighted by molar-refractivity contribution is 7.19. The highest BCUT2D eigenvalue weighted by Crippen LogP contribution is 2.34. The van der Waals surface area contributed by atoms with Crippen molar-refractivity contribution in [3.8, 4) is 0 Å². The van der Waals surface area contributed by atoms with Gasteiger partial charge in [0.25, 0.3) is 0 Å². The summed E-state index contributed by atoms with van der Waals surface area (Å²) in [5.41, 5.74) is 1.25. The zero-order valence-corrected chi connectivity index (χ0v) is 10.7. The van der Waals surface area contributed by atoms with Gasteiger partial charge in [-0.1, -0.05) is 18.2 Å². The van der Waals surface area contributed by atoms with Crippen LogP contribution in [0.15, 0.2) is 24.3 Å². The average Bonchev–Trinajstić information content (AvgIpc) is 2.64. The van der Waals surface area contributed by atoms with Crippen LogP contribution in [0, 0.1) is 6.92 Å². The Labute approximate surface area is 104 Å². The smallest absolute Gasteiger partial charge is 0.317 e. The fraction of sp³-hybridized carbons (Fsp3) is 0.308. The van der Waals surface area contributed by atoms with Gasteiger partial charge in [-0.15, -0.1) is 11.3 Å². The molecule has 0 aliphatic heterocycles. The van der Waals surface area contributed by atoms with Gasteiger partial charge < -0.3 is 5.11 Å². The van der Waals surface area contributed by atoms with Crippen molar-refractivity contribution in [2.45, 2.75) is 19.9 Å². The van der Waals surface area contributed by atoms with Crippen molar-refractivity contribution in [2.24, 2.45) is 0 Å². The number of carboxylic acid groups (broad SMARTS) is 1. The summed E-state index contributed by atoms with van der Waals surface area (Å²) < 4.78 is 1.25. The number of hydrogen-bond donors (Lipinski definition) is 2. The third kappa shape index (κ3) is 2.48. The molecule has 2 N–H and O–H groups in total. The minimum atomic E-state index is -0.824. The lowest BCUT2D eigenvalue weighted by Crippen LogP contribution is -2.25. The maximum atomic E-state index is 10.5. The van der Waals surface area contributed by atoms with Crippen molar-refractivity contribution >= 4 is 27.4 Å². The Morgan fingerprint density at radius 3 is 2.82 bits per heavy atom. The summed E-state index contributed by atoms with van der Waals surface area (Å²) in [6, 6.07) is 8.33. The normalized spacial score (nSPS) is 12.8. The Hall–Kier alpha value is -1.39.